The van der Waals surface area contributed by atoms with E-state index >= 15 is 0 Å². The van der Waals surface area contributed by atoms with Crippen molar-refractivity contribution in [3.05, 3.63) is 35.9 Å². The summed E-state index contributed by atoms with van der Waals surface area (Å²) in [6, 6.07) is 9.95. The molecule has 3 nitrogen and oxygen atoms in total. The van der Waals surface area contributed by atoms with Crippen LogP contribution in [0.1, 0.15) is 37.9 Å². The summed E-state index contributed by atoms with van der Waals surface area (Å²) in [4.78, 5) is 10.8. The number of ether oxygens (including phenoxy) is 1. The lowest BCUT2D eigenvalue weighted by Crippen LogP contribution is -2.14. The SMILES string of the molecule is CCCOC(CCC(N)=O)c1ccccc1. The smallest absolute Gasteiger partial charge is 0.217 e. The van der Waals surface area contributed by atoms with Crippen LogP contribution in [0, 0.1) is 0 Å². The molecule has 3 heteroatoms. The first kappa shape index (κ1) is 12.7. The second-order valence-electron chi connectivity index (χ2n) is 3.78. The fourth-order valence-corrected chi connectivity index (χ4v) is 1.55. The molecule has 0 spiro atoms. The summed E-state index contributed by atoms with van der Waals surface area (Å²) < 4.78 is 5.72. The molecule has 0 aliphatic heterocycles. The maximum absolute atomic E-state index is 10.8. The monoisotopic (exact) mass is 221 g/mol. The van der Waals surface area contributed by atoms with Crippen molar-refractivity contribution >= 4 is 5.91 Å². The number of nitrogens with two attached hydrogens (primary N) is 1. The largest absolute Gasteiger partial charge is 0.374 e. The zero-order valence-corrected chi connectivity index (χ0v) is 9.69. The van der Waals surface area contributed by atoms with Crippen LogP contribution in [-0.4, -0.2) is 12.5 Å². The Bertz CT molecular complexity index is 311. The number of rotatable bonds is 7. The zero-order valence-electron chi connectivity index (χ0n) is 9.69. The van der Waals surface area contributed by atoms with Gasteiger partial charge in [-0.05, 0) is 18.4 Å². The molecule has 0 aliphatic carbocycles. The number of hydrogen-bond donors (Lipinski definition) is 1. The predicted octanol–water partition coefficient (Wildman–Crippen LogP) is 2.42. The molecule has 2 N–H and O–H groups in total. The van der Waals surface area contributed by atoms with E-state index < -0.39 is 0 Å². The van der Waals surface area contributed by atoms with Gasteiger partial charge >= 0.3 is 0 Å². The molecular weight excluding hydrogens is 202 g/mol. The van der Waals surface area contributed by atoms with Crippen LogP contribution in [0.4, 0.5) is 0 Å². The Kier molecular flexibility index (Phi) is 5.57. The minimum Gasteiger partial charge on any atom is -0.374 e. The Hall–Kier alpha value is -1.35. The Morgan fingerprint density at radius 2 is 2.06 bits per heavy atom. The third kappa shape index (κ3) is 4.45. The maximum atomic E-state index is 10.8. The lowest BCUT2D eigenvalue weighted by Gasteiger charge is -2.17. The van der Waals surface area contributed by atoms with Crippen molar-refractivity contribution in [2.24, 2.45) is 5.73 Å². The molecule has 0 aliphatic rings. The van der Waals surface area contributed by atoms with Crippen LogP contribution in [0.3, 0.4) is 0 Å². The summed E-state index contributed by atoms with van der Waals surface area (Å²) in [6.45, 7) is 2.77. The van der Waals surface area contributed by atoms with Crippen LogP contribution in [0.5, 0.6) is 0 Å². The number of carbonyl (C=O) groups is 1. The van der Waals surface area contributed by atoms with Gasteiger partial charge in [0, 0.05) is 13.0 Å². The van der Waals surface area contributed by atoms with Gasteiger partial charge in [-0.15, -0.1) is 0 Å². The van der Waals surface area contributed by atoms with Gasteiger partial charge in [0.25, 0.3) is 0 Å². The van der Waals surface area contributed by atoms with E-state index in [1.54, 1.807) is 0 Å². The van der Waals surface area contributed by atoms with Gasteiger partial charge in [-0.2, -0.15) is 0 Å². The lowest BCUT2D eigenvalue weighted by molar-refractivity contribution is -0.118. The van der Waals surface area contributed by atoms with Gasteiger partial charge in [-0.25, -0.2) is 0 Å². The van der Waals surface area contributed by atoms with E-state index in [0.29, 0.717) is 19.4 Å². The summed E-state index contributed by atoms with van der Waals surface area (Å²) in [5, 5.41) is 0. The van der Waals surface area contributed by atoms with Crippen LogP contribution in [-0.2, 0) is 9.53 Å². The third-order valence-corrected chi connectivity index (χ3v) is 2.35. The minimum absolute atomic E-state index is 0.0198. The molecule has 1 unspecified atom stereocenters. The van der Waals surface area contributed by atoms with E-state index in [9.17, 15) is 4.79 Å². The third-order valence-electron chi connectivity index (χ3n) is 2.35. The molecule has 0 saturated heterocycles. The molecule has 0 saturated carbocycles. The fraction of sp³-hybridized carbons (Fsp3) is 0.462. The van der Waals surface area contributed by atoms with Crippen molar-refractivity contribution in [3.8, 4) is 0 Å². The lowest BCUT2D eigenvalue weighted by atomic mass is 10.0. The van der Waals surface area contributed by atoms with Crippen molar-refractivity contribution in [2.45, 2.75) is 32.3 Å². The molecule has 0 aromatic heterocycles. The maximum Gasteiger partial charge on any atom is 0.217 e. The molecule has 0 heterocycles. The number of carbonyl (C=O) groups excluding carboxylic acids is 1. The minimum atomic E-state index is -0.277. The number of amides is 1. The van der Waals surface area contributed by atoms with Gasteiger partial charge in [0.1, 0.15) is 0 Å². The zero-order chi connectivity index (χ0) is 11.8. The van der Waals surface area contributed by atoms with Crippen molar-refractivity contribution in [1.29, 1.82) is 0 Å². The van der Waals surface area contributed by atoms with E-state index in [1.807, 2.05) is 30.3 Å². The van der Waals surface area contributed by atoms with Crippen LogP contribution in [0.15, 0.2) is 30.3 Å². The van der Waals surface area contributed by atoms with Gasteiger partial charge in [0.05, 0.1) is 6.10 Å². The summed E-state index contributed by atoms with van der Waals surface area (Å²) in [5.74, 6) is -0.277. The second kappa shape index (κ2) is 7.01. The highest BCUT2D eigenvalue weighted by Crippen LogP contribution is 2.22. The van der Waals surface area contributed by atoms with Crippen molar-refractivity contribution in [3.63, 3.8) is 0 Å². The Morgan fingerprint density at radius 1 is 1.38 bits per heavy atom. The summed E-state index contributed by atoms with van der Waals surface area (Å²) >= 11 is 0. The molecular formula is C13H19NO2. The Balaban J connectivity index is 2.59. The van der Waals surface area contributed by atoms with E-state index in [0.717, 1.165) is 12.0 Å². The molecule has 0 radical (unpaired) electrons. The second-order valence-corrected chi connectivity index (χ2v) is 3.78. The van der Waals surface area contributed by atoms with Crippen molar-refractivity contribution in [2.75, 3.05) is 6.61 Å². The first-order chi connectivity index (χ1) is 7.74. The highest BCUT2D eigenvalue weighted by atomic mass is 16.5. The highest BCUT2D eigenvalue weighted by Gasteiger charge is 2.12. The van der Waals surface area contributed by atoms with Gasteiger partial charge in [0.15, 0.2) is 0 Å². The molecule has 16 heavy (non-hydrogen) atoms. The van der Waals surface area contributed by atoms with Crippen molar-refractivity contribution in [1.82, 2.24) is 0 Å². The quantitative estimate of drug-likeness (QED) is 0.768. The summed E-state index contributed by atoms with van der Waals surface area (Å²) in [7, 11) is 0. The fourth-order valence-electron chi connectivity index (χ4n) is 1.55. The van der Waals surface area contributed by atoms with Gasteiger partial charge in [-0.3, -0.25) is 4.79 Å². The van der Waals surface area contributed by atoms with E-state index in [4.69, 9.17) is 10.5 Å². The van der Waals surface area contributed by atoms with Crippen LogP contribution in [0.25, 0.3) is 0 Å². The molecule has 1 amide bonds. The average molecular weight is 221 g/mol. The van der Waals surface area contributed by atoms with E-state index in [-0.39, 0.29) is 12.0 Å². The molecule has 88 valence electrons. The molecule has 1 aromatic rings. The predicted molar refractivity (Wildman–Crippen MR) is 63.9 cm³/mol. The van der Waals surface area contributed by atoms with Crippen LogP contribution in [0.2, 0.25) is 0 Å². The van der Waals surface area contributed by atoms with Crippen molar-refractivity contribution < 1.29 is 9.53 Å². The number of hydrogen-bond acceptors (Lipinski definition) is 2. The van der Waals surface area contributed by atoms with Gasteiger partial charge in [-0.1, -0.05) is 37.3 Å². The van der Waals surface area contributed by atoms with Gasteiger partial charge < -0.3 is 10.5 Å². The molecule has 1 rings (SSSR count). The first-order valence-corrected chi connectivity index (χ1v) is 5.69. The first-order valence-electron chi connectivity index (χ1n) is 5.69. The standard InChI is InChI=1S/C13H19NO2/c1-2-10-16-12(8-9-13(14)15)11-6-4-3-5-7-11/h3-7,12H,2,8-10H2,1H3,(H2,14,15). The molecule has 1 aromatic carbocycles. The molecule has 0 fully saturated rings. The summed E-state index contributed by atoms with van der Waals surface area (Å²) in [6.07, 6.45) is 1.97. The Labute approximate surface area is 96.6 Å². The normalized spacial score (nSPS) is 12.3. The molecule has 0 bridgehead atoms. The molecule has 1 atom stereocenters. The van der Waals surface area contributed by atoms with E-state index in [1.165, 1.54) is 0 Å². The average Bonchev–Trinajstić information content (AvgIpc) is 2.30. The summed E-state index contributed by atoms with van der Waals surface area (Å²) in [5.41, 5.74) is 6.26. The topological polar surface area (TPSA) is 52.3 Å². The highest BCUT2D eigenvalue weighted by molar-refractivity contribution is 5.73. The van der Waals surface area contributed by atoms with E-state index in [2.05, 4.69) is 6.92 Å². The number of benzene rings is 1. The number of primary amides is 1. The van der Waals surface area contributed by atoms with Crippen LogP contribution < -0.4 is 5.73 Å². The van der Waals surface area contributed by atoms with Crippen LogP contribution >= 0.6 is 0 Å². The Morgan fingerprint density at radius 3 is 2.62 bits per heavy atom. The van der Waals surface area contributed by atoms with Gasteiger partial charge in [0.2, 0.25) is 5.91 Å².